The molecule has 0 aromatic rings. The molecule has 1 fully saturated rings. The minimum atomic E-state index is 0.665. The number of rotatable bonds is 2. The second kappa shape index (κ2) is 4.84. The minimum absolute atomic E-state index is 0.665. The number of guanidine groups is 1. The number of nitrogens with one attached hydrogen (secondary N) is 1. The van der Waals surface area contributed by atoms with Crippen LogP contribution in [0.3, 0.4) is 0 Å². The molecule has 0 spiro atoms. The van der Waals surface area contributed by atoms with Gasteiger partial charge in [-0.3, -0.25) is 4.99 Å². The van der Waals surface area contributed by atoms with Crippen LogP contribution in [0, 0.1) is 11.8 Å². The fourth-order valence-corrected chi connectivity index (χ4v) is 2.17. The fourth-order valence-electron chi connectivity index (χ4n) is 2.17. The van der Waals surface area contributed by atoms with E-state index in [4.69, 9.17) is 4.74 Å². The van der Waals surface area contributed by atoms with Gasteiger partial charge in [0.25, 0.3) is 0 Å². The fraction of sp³-hybridized carbons (Fsp3) is 0.909. The Bertz CT molecular complexity index is 242. The predicted molar refractivity (Wildman–Crippen MR) is 61.0 cm³/mol. The molecule has 2 aliphatic heterocycles. The van der Waals surface area contributed by atoms with Gasteiger partial charge >= 0.3 is 0 Å². The summed E-state index contributed by atoms with van der Waals surface area (Å²) in [4.78, 5) is 6.61. The first-order valence-electron chi connectivity index (χ1n) is 5.84. The van der Waals surface area contributed by atoms with E-state index < -0.39 is 0 Å². The first-order valence-corrected chi connectivity index (χ1v) is 5.84. The summed E-state index contributed by atoms with van der Waals surface area (Å²) < 4.78 is 5.44. The van der Waals surface area contributed by atoms with Gasteiger partial charge in [-0.15, -0.1) is 0 Å². The zero-order valence-electron chi connectivity index (χ0n) is 9.70. The van der Waals surface area contributed by atoms with Crippen molar-refractivity contribution in [1.29, 1.82) is 0 Å². The third-order valence-electron chi connectivity index (χ3n) is 3.40. The molecule has 15 heavy (non-hydrogen) atoms. The Morgan fingerprint density at radius 3 is 3.13 bits per heavy atom. The smallest absolute Gasteiger partial charge is 0.193 e. The van der Waals surface area contributed by atoms with Gasteiger partial charge < -0.3 is 15.0 Å². The van der Waals surface area contributed by atoms with E-state index >= 15 is 0 Å². The highest BCUT2D eigenvalue weighted by atomic mass is 16.5. The molecule has 1 N–H and O–H groups in total. The molecule has 0 bridgehead atoms. The Labute approximate surface area is 91.7 Å². The number of nitrogens with zero attached hydrogens (tertiary/aromatic N) is 2. The lowest BCUT2D eigenvalue weighted by molar-refractivity contribution is 0.0257. The molecule has 2 atom stereocenters. The highest BCUT2D eigenvalue weighted by Crippen LogP contribution is 2.20. The standard InChI is InChI=1S/C11H21N3O/c1-9-8-15-6-3-10(9)7-13-11-12-4-5-14(11)2/h9-10H,3-8H2,1-2H3,(H,12,13). The molecule has 2 aliphatic rings. The summed E-state index contributed by atoms with van der Waals surface area (Å²) in [5, 5.41) is 3.45. The summed E-state index contributed by atoms with van der Waals surface area (Å²) in [5.41, 5.74) is 0. The Hall–Kier alpha value is -0.770. The predicted octanol–water partition coefficient (Wildman–Crippen LogP) is 0.550. The Morgan fingerprint density at radius 1 is 1.60 bits per heavy atom. The molecule has 2 unspecified atom stereocenters. The van der Waals surface area contributed by atoms with Gasteiger partial charge in [-0.2, -0.15) is 0 Å². The Morgan fingerprint density at radius 2 is 2.47 bits per heavy atom. The van der Waals surface area contributed by atoms with Gasteiger partial charge in [0.15, 0.2) is 5.96 Å². The van der Waals surface area contributed by atoms with Gasteiger partial charge in [0, 0.05) is 33.4 Å². The third-order valence-corrected chi connectivity index (χ3v) is 3.40. The average molecular weight is 211 g/mol. The molecule has 4 heteroatoms. The van der Waals surface area contributed by atoms with E-state index in [1.807, 2.05) is 0 Å². The van der Waals surface area contributed by atoms with Crippen LogP contribution in [-0.4, -0.2) is 50.8 Å². The van der Waals surface area contributed by atoms with Crippen molar-refractivity contribution < 1.29 is 4.74 Å². The molecule has 0 aliphatic carbocycles. The molecule has 0 saturated carbocycles. The van der Waals surface area contributed by atoms with Crippen LogP contribution in [0.4, 0.5) is 0 Å². The van der Waals surface area contributed by atoms with Crippen LogP contribution in [-0.2, 0) is 4.74 Å². The molecule has 1 saturated heterocycles. The lowest BCUT2D eigenvalue weighted by Gasteiger charge is -2.29. The van der Waals surface area contributed by atoms with Crippen LogP contribution in [0.2, 0.25) is 0 Å². The molecule has 2 heterocycles. The van der Waals surface area contributed by atoms with Crippen LogP contribution in [0.15, 0.2) is 4.99 Å². The first kappa shape index (κ1) is 10.7. The van der Waals surface area contributed by atoms with Gasteiger partial charge in [-0.05, 0) is 18.3 Å². The number of likely N-dealkylation sites (N-methyl/N-ethyl adjacent to an activating group) is 1. The second-order valence-corrected chi connectivity index (χ2v) is 4.61. The van der Waals surface area contributed by atoms with Crippen molar-refractivity contribution in [3.8, 4) is 0 Å². The summed E-state index contributed by atoms with van der Waals surface area (Å²) in [7, 11) is 2.09. The number of hydrogen-bond acceptors (Lipinski definition) is 4. The molecule has 0 aromatic carbocycles. The van der Waals surface area contributed by atoms with Crippen molar-refractivity contribution in [3.63, 3.8) is 0 Å². The maximum absolute atomic E-state index is 5.44. The quantitative estimate of drug-likeness (QED) is 0.724. The summed E-state index contributed by atoms with van der Waals surface area (Å²) >= 11 is 0. The van der Waals surface area contributed by atoms with E-state index in [2.05, 4.69) is 29.2 Å². The largest absolute Gasteiger partial charge is 0.381 e. The maximum Gasteiger partial charge on any atom is 0.193 e. The van der Waals surface area contributed by atoms with Gasteiger partial charge in [-0.25, -0.2) is 0 Å². The van der Waals surface area contributed by atoms with Crippen molar-refractivity contribution >= 4 is 5.96 Å². The summed E-state index contributed by atoms with van der Waals surface area (Å²) in [6.45, 7) is 7.11. The van der Waals surface area contributed by atoms with Crippen molar-refractivity contribution in [2.45, 2.75) is 13.3 Å². The zero-order chi connectivity index (χ0) is 10.7. The van der Waals surface area contributed by atoms with Crippen molar-refractivity contribution in [2.75, 3.05) is 39.9 Å². The third kappa shape index (κ3) is 2.62. The highest BCUT2D eigenvalue weighted by Gasteiger charge is 2.22. The monoisotopic (exact) mass is 211 g/mol. The average Bonchev–Trinajstić information content (AvgIpc) is 2.63. The van der Waals surface area contributed by atoms with Crippen LogP contribution in [0.5, 0.6) is 0 Å². The van der Waals surface area contributed by atoms with Crippen molar-refractivity contribution in [3.05, 3.63) is 0 Å². The molecule has 0 radical (unpaired) electrons. The lowest BCUT2D eigenvalue weighted by atomic mass is 9.90. The SMILES string of the molecule is CC1COCCC1CNC1=NCCN1C. The van der Waals surface area contributed by atoms with Crippen LogP contribution in [0.1, 0.15) is 13.3 Å². The van der Waals surface area contributed by atoms with E-state index in [9.17, 15) is 0 Å². The van der Waals surface area contributed by atoms with Crippen molar-refractivity contribution in [2.24, 2.45) is 16.8 Å². The summed E-state index contributed by atoms with van der Waals surface area (Å²) in [6, 6.07) is 0. The van der Waals surface area contributed by atoms with Gasteiger partial charge in [0.05, 0.1) is 6.54 Å². The Kier molecular flexibility index (Phi) is 3.46. The Balaban J connectivity index is 1.77. The molecular weight excluding hydrogens is 190 g/mol. The van der Waals surface area contributed by atoms with Crippen LogP contribution < -0.4 is 5.32 Å². The van der Waals surface area contributed by atoms with E-state index in [1.54, 1.807) is 0 Å². The maximum atomic E-state index is 5.44. The second-order valence-electron chi connectivity index (χ2n) is 4.61. The molecule has 0 aromatic heterocycles. The number of aliphatic imine (C=N–C) groups is 1. The molecule has 86 valence electrons. The molecule has 0 amide bonds. The van der Waals surface area contributed by atoms with E-state index in [-0.39, 0.29) is 0 Å². The first-order chi connectivity index (χ1) is 7.27. The normalized spacial score (nSPS) is 31.6. The van der Waals surface area contributed by atoms with Crippen molar-refractivity contribution in [1.82, 2.24) is 10.2 Å². The summed E-state index contributed by atoms with van der Waals surface area (Å²) in [5.74, 6) is 2.46. The number of hydrogen-bond donors (Lipinski definition) is 1. The van der Waals surface area contributed by atoms with Crippen LogP contribution in [0.25, 0.3) is 0 Å². The topological polar surface area (TPSA) is 36.9 Å². The molecule has 2 rings (SSSR count). The van der Waals surface area contributed by atoms with E-state index in [0.717, 1.165) is 44.7 Å². The van der Waals surface area contributed by atoms with E-state index in [0.29, 0.717) is 5.92 Å². The minimum Gasteiger partial charge on any atom is -0.381 e. The highest BCUT2D eigenvalue weighted by molar-refractivity contribution is 5.81. The lowest BCUT2D eigenvalue weighted by Crippen LogP contribution is -2.41. The molecular formula is C11H21N3O. The van der Waals surface area contributed by atoms with Gasteiger partial charge in [0.2, 0.25) is 0 Å². The van der Waals surface area contributed by atoms with Gasteiger partial charge in [-0.1, -0.05) is 6.92 Å². The molecule has 4 nitrogen and oxygen atoms in total. The zero-order valence-corrected chi connectivity index (χ0v) is 9.70. The number of ether oxygens (including phenoxy) is 1. The van der Waals surface area contributed by atoms with Gasteiger partial charge in [0.1, 0.15) is 0 Å². The summed E-state index contributed by atoms with van der Waals surface area (Å²) in [6.07, 6.45) is 1.17. The van der Waals surface area contributed by atoms with Crippen LogP contribution >= 0.6 is 0 Å². The van der Waals surface area contributed by atoms with E-state index in [1.165, 1.54) is 6.42 Å².